The molecule has 0 spiro atoms. The van der Waals surface area contributed by atoms with Crippen molar-refractivity contribution in [3.63, 3.8) is 0 Å². The lowest BCUT2D eigenvalue weighted by atomic mass is 9.83. The minimum absolute atomic E-state index is 0. The molecule has 1 fully saturated rings. The van der Waals surface area contributed by atoms with Gasteiger partial charge in [-0.2, -0.15) is 0 Å². The van der Waals surface area contributed by atoms with E-state index >= 15 is 0 Å². The average Bonchev–Trinajstić information content (AvgIpc) is 2.42. The Morgan fingerprint density at radius 2 is 2.14 bits per heavy atom. The Bertz CT molecular complexity index is 488. The van der Waals surface area contributed by atoms with Crippen LogP contribution in [-0.2, 0) is 11.2 Å². The van der Waals surface area contributed by atoms with Crippen LogP contribution in [0, 0.1) is 5.41 Å². The Kier molecular flexibility index (Phi) is 7.28. The van der Waals surface area contributed by atoms with Gasteiger partial charge in [0.15, 0.2) is 0 Å². The molecule has 0 bridgehead atoms. The first-order valence-corrected chi connectivity index (χ1v) is 7.65. The second-order valence-electron chi connectivity index (χ2n) is 5.79. The molecule has 1 heterocycles. The summed E-state index contributed by atoms with van der Waals surface area (Å²) in [6.07, 6.45) is 2.65. The summed E-state index contributed by atoms with van der Waals surface area (Å²) >= 11 is 11.8. The molecule has 0 radical (unpaired) electrons. The highest BCUT2D eigenvalue weighted by atomic mass is 35.5. The van der Waals surface area contributed by atoms with E-state index < -0.39 is 0 Å². The Balaban J connectivity index is 0.00000220. The van der Waals surface area contributed by atoms with E-state index in [1.54, 1.807) is 12.1 Å². The maximum Gasteiger partial charge on any atom is 0.224 e. The van der Waals surface area contributed by atoms with E-state index in [0.717, 1.165) is 25.1 Å². The molecule has 1 aromatic carbocycles. The highest BCUT2D eigenvalue weighted by Gasteiger charge is 2.26. The topological polar surface area (TPSA) is 41.1 Å². The lowest BCUT2D eigenvalue weighted by Gasteiger charge is -2.34. The third-order valence-corrected chi connectivity index (χ3v) is 4.49. The summed E-state index contributed by atoms with van der Waals surface area (Å²) in [6, 6.07) is 5.30. The smallest absolute Gasteiger partial charge is 0.224 e. The van der Waals surface area contributed by atoms with Gasteiger partial charge in [0, 0.05) is 13.1 Å². The van der Waals surface area contributed by atoms with E-state index in [2.05, 4.69) is 17.6 Å². The summed E-state index contributed by atoms with van der Waals surface area (Å²) in [6.45, 7) is 4.95. The Morgan fingerprint density at radius 3 is 2.76 bits per heavy atom. The van der Waals surface area contributed by atoms with E-state index in [1.165, 1.54) is 6.42 Å². The predicted octanol–water partition coefficient (Wildman–Crippen LogP) is 3.46. The first-order valence-electron chi connectivity index (χ1n) is 6.90. The van der Waals surface area contributed by atoms with Crippen molar-refractivity contribution in [3.8, 4) is 0 Å². The quantitative estimate of drug-likeness (QED) is 0.872. The van der Waals surface area contributed by atoms with Gasteiger partial charge in [0.1, 0.15) is 0 Å². The molecular weight excluding hydrogens is 331 g/mol. The summed E-state index contributed by atoms with van der Waals surface area (Å²) in [5, 5.41) is 7.40. The van der Waals surface area contributed by atoms with Crippen LogP contribution in [0.3, 0.4) is 0 Å². The van der Waals surface area contributed by atoms with Crippen molar-refractivity contribution in [2.24, 2.45) is 5.41 Å². The lowest BCUT2D eigenvalue weighted by Crippen LogP contribution is -2.45. The summed E-state index contributed by atoms with van der Waals surface area (Å²) < 4.78 is 0. The molecule has 2 N–H and O–H groups in total. The number of halogens is 3. The monoisotopic (exact) mass is 350 g/mol. The molecule has 1 aromatic rings. The molecule has 1 aliphatic rings. The van der Waals surface area contributed by atoms with Crippen LogP contribution in [0.2, 0.25) is 10.0 Å². The molecule has 0 aliphatic carbocycles. The van der Waals surface area contributed by atoms with E-state index in [0.29, 0.717) is 23.0 Å². The highest BCUT2D eigenvalue weighted by Crippen LogP contribution is 2.25. The molecule has 6 heteroatoms. The van der Waals surface area contributed by atoms with Crippen molar-refractivity contribution in [2.75, 3.05) is 19.6 Å². The molecule has 1 atom stereocenters. The molecule has 21 heavy (non-hydrogen) atoms. The first-order chi connectivity index (χ1) is 9.48. The van der Waals surface area contributed by atoms with Crippen molar-refractivity contribution in [3.05, 3.63) is 33.8 Å². The summed E-state index contributed by atoms with van der Waals surface area (Å²) in [4.78, 5) is 12.0. The normalized spacial score (nSPS) is 21.5. The number of piperidine rings is 1. The number of carbonyl (C=O) groups is 1. The minimum atomic E-state index is 0. The maximum atomic E-state index is 12.0. The minimum Gasteiger partial charge on any atom is -0.355 e. The molecule has 1 unspecified atom stereocenters. The van der Waals surface area contributed by atoms with Gasteiger partial charge >= 0.3 is 0 Å². The van der Waals surface area contributed by atoms with Crippen LogP contribution >= 0.6 is 35.6 Å². The zero-order chi connectivity index (χ0) is 14.6. The van der Waals surface area contributed by atoms with Crippen LogP contribution in [0.4, 0.5) is 0 Å². The van der Waals surface area contributed by atoms with Crippen LogP contribution in [0.1, 0.15) is 25.3 Å². The van der Waals surface area contributed by atoms with Gasteiger partial charge in [0.05, 0.1) is 16.5 Å². The molecule has 0 aromatic heterocycles. The molecule has 1 amide bonds. The Hall–Kier alpha value is -0.480. The summed E-state index contributed by atoms with van der Waals surface area (Å²) in [5.41, 5.74) is 1.04. The summed E-state index contributed by atoms with van der Waals surface area (Å²) in [7, 11) is 0. The van der Waals surface area contributed by atoms with E-state index in [4.69, 9.17) is 23.2 Å². The number of rotatable bonds is 4. The van der Waals surface area contributed by atoms with Crippen molar-refractivity contribution in [2.45, 2.75) is 26.2 Å². The van der Waals surface area contributed by atoms with Gasteiger partial charge in [-0.05, 0) is 42.5 Å². The second-order valence-corrected chi connectivity index (χ2v) is 6.61. The van der Waals surface area contributed by atoms with Gasteiger partial charge in [-0.15, -0.1) is 12.4 Å². The van der Waals surface area contributed by atoms with Gasteiger partial charge in [-0.25, -0.2) is 0 Å². The van der Waals surface area contributed by atoms with Crippen molar-refractivity contribution in [1.82, 2.24) is 10.6 Å². The lowest BCUT2D eigenvalue weighted by molar-refractivity contribution is -0.121. The molecule has 118 valence electrons. The van der Waals surface area contributed by atoms with Gasteiger partial charge in [-0.1, -0.05) is 36.2 Å². The van der Waals surface area contributed by atoms with Gasteiger partial charge < -0.3 is 10.6 Å². The van der Waals surface area contributed by atoms with E-state index in [-0.39, 0.29) is 23.7 Å². The fourth-order valence-electron chi connectivity index (χ4n) is 2.48. The Morgan fingerprint density at radius 1 is 1.38 bits per heavy atom. The fraction of sp³-hybridized carbons (Fsp3) is 0.533. The van der Waals surface area contributed by atoms with Crippen LogP contribution < -0.4 is 10.6 Å². The number of carbonyl (C=O) groups excluding carboxylic acids is 1. The summed E-state index contributed by atoms with van der Waals surface area (Å²) in [5.74, 6) is 0.0233. The number of nitrogens with one attached hydrogen (secondary N) is 2. The van der Waals surface area contributed by atoms with Crippen LogP contribution in [0.5, 0.6) is 0 Å². The zero-order valence-corrected chi connectivity index (χ0v) is 14.4. The fourth-order valence-corrected chi connectivity index (χ4v) is 2.80. The van der Waals surface area contributed by atoms with Crippen molar-refractivity contribution >= 4 is 41.5 Å². The maximum absolute atomic E-state index is 12.0. The SMILES string of the molecule is CC1(CNC(=O)Cc2ccc(Cl)c(Cl)c2)CCCNC1.Cl. The Labute approximate surface area is 142 Å². The largest absolute Gasteiger partial charge is 0.355 e. The van der Waals surface area contributed by atoms with Gasteiger partial charge in [0.25, 0.3) is 0 Å². The third-order valence-electron chi connectivity index (χ3n) is 3.75. The van der Waals surface area contributed by atoms with Crippen LogP contribution in [0.25, 0.3) is 0 Å². The number of benzene rings is 1. The molecular formula is C15H21Cl3N2O. The van der Waals surface area contributed by atoms with E-state index in [9.17, 15) is 4.79 Å². The van der Waals surface area contributed by atoms with Gasteiger partial charge in [-0.3, -0.25) is 4.79 Å². The van der Waals surface area contributed by atoms with Gasteiger partial charge in [0.2, 0.25) is 5.91 Å². The van der Waals surface area contributed by atoms with Crippen molar-refractivity contribution < 1.29 is 4.79 Å². The molecule has 1 aliphatic heterocycles. The van der Waals surface area contributed by atoms with E-state index in [1.807, 2.05) is 6.07 Å². The van der Waals surface area contributed by atoms with Crippen molar-refractivity contribution in [1.29, 1.82) is 0 Å². The molecule has 3 nitrogen and oxygen atoms in total. The number of hydrogen-bond acceptors (Lipinski definition) is 2. The molecule has 1 saturated heterocycles. The predicted molar refractivity (Wildman–Crippen MR) is 90.6 cm³/mol. The second kappa shape index (κ2) is 8.23. The zero-order valence-electron chi connectivity index (χ0n) is 12.0. The number of hydrogen-bond donors (Lipinski definition) is 2. The highest BCUT2D eigenvalue weighted by molar-refractivity contribution is 6.42. The average molecular weight is 352 g/mol. The first kappa shape index (κ1) is 18.6. The number of amides is 1. The molecule has 0 saturated carbocycles. The van der Waals surface area contributed by atoms with Crippen LogP contribution in [0.15, 0.2) is 18.2 Å². The third kappa shape index (κ3) is 5.67. The van der Waals surface area contributed by atoms with Crippen LogP contribution in [-0.4, -0.2) is 25.5 Å². The standard InChI is InChI=1S/C15H20Cl2N2O.ClH/c1-15(5-2-6-18-9-15)10-19-14(20)8-11-3-4-12(16)13(17)7-11;/h3-4,7,18H,2,5-6,8-10H2,1H3,(H,19,20);1H. The molecule has 2 rings (SSSR count).